The first-order valence-corrected chi connectivity index (χ1v) is 10.6. The number of benzene rings is 1. The van der Waals surface area contributed by atoms with Gasteiger partial charge in [0.25, 0.3) is 0 Å². The quantitative estimate of drug-likeness (QED) is 0.771. The molecule has 0 aliphatic carbocycles. The second kappa shape index (κ2) is 9.84. The third kappa shape index (κ3) is 5.65. The van der Waals surface area contributed by atoms with Gasteiger partial charge in [-0.2, -0.15) is 4.31 Å². The minimum absolute atomic E-state index is 0. The standard InChI is InChI=1S/C18H27N3O4S.ClH/c19-16-2-1-9-20(14-16)18(22)8-5-15-3-6-17(7-4-15)26(23,24)21-10-12-25-13-11-21;/h3-4,6-7,16H,1-2,5,8-14,19H2;1H. The van der Waals surface area contributed by atoms with Crippen molar-refractivity contribution in [2.75, 3.05) is 39.4 Å². The van der Waals surface area contributed by atoms with Gasteiger partial charge in [0.05, 0.1) is 18.1 Å². The molecule has 152 valence electrons. The molecule has 9 heteroatoms. The van der Waals surface area contributed by atoms with Crippen LogP contribution in [-0.2, 0) is 26.0 Å². The lowest BCUT2D eigenvalue weighted by atomic mass is 10.0. The van der Waals surface area contributed by atoms with Gasteiger partial charge in [-0.1, -0.05) is 12.1 Å². The van der Waals surface area contributed by atoms with E-state index in [-0.39, 0.29) is 29.3 Å². The fourth-order valence-corrected chi connectivity index (χ4v) is 4.82. The highest BCUT2D eigenvalue weighted by atomic mass is 35.5. The van der Waals surface area contributed by atoms with Crippen LogP contribution in [0.2, 0.25) is 0 Å². The van der Waals surface area contributed by atoms with E-state index in [1.165, 1.54) is 4.31 Å². The monoisotopic (exact) mass is 417 g/mol. The van der Waals surface area contributed by atoms with E-state index in [4.69, 9.17) is 10.5 Å². The van der Waals surface area contributed by atoms with E-state index in [0.717, 1.165) is 24.9 Å². The van der Waals surface area contributed by atoms with Crippen molar-refractivity contribution >= 4 is 28.3 Å². The Morgan fingerprint density at radius 3 is 2.44 bits per heavy atom. The second-order valence-electron chi connectivity index (χ2n) is 6.90. The molecule has 0 radical (unpaired) electrons. The molecule has 2 saturated heterocycles. The number of rotatable bonds is 5. The van der Waals surface area contributed by atoms with Crippen molar-refractivity contribution in [2.24, 2.45) is 5.73 Å². The van der Waals surface area contributed by atoms with Crippen molar-refractivity contribution in [2.45, 2.75) is 36.6 Å². The van der Waals surface area contributed by atoms with Crippen molar-refractivity contribution in [3.8, 4) is 0 Å². The first-order valence-electron chi connectivity index (χ1n) is 9.17. The summed E-state index contributed by atoms with van der Waals surface area (Å²) in [6, 6.07) is 6.92. The minimum Gasteiger partial charge on any atom is -0.379 e. The molecule has 0 saturated carbocycles. The number of hydrogen-bond donors (Lipinski definition) is 1. The highest BCUT2D eigenvalue weighted by Crippen LogP contribution is 2.18. The first kappa shape index (κ1) is 22.1. The molecule has 2 aliphatic rings. The summed E-state index contributed by atoms with van der Waals surface area (Å²) >= 11 is 0. The minimum atomic E-state index is -3.47. The van der Waals surface area contributed by atoms with Gasteiger partial charge in [0, 0.05) is 38.6 Å². The zero-order valence-electron chi connectivity index (χ0n) is 15.4. The number of morpholine rings is 1. The van der Waals surface area contributed by atoms with Gasteiger partial charge in [-0.15, -0.1) is 12.4 Å². The molecule has 7 nitrogen and oxygen atoms in total. The molecule has 3 rings (SSSR count). The van der Waals surface area contributed by atoms with Gasteiger partial charge in [-0.05, 0) is 37.0 Å². The lowest BCUT2D eigenvalue weighted by Gasteiger charge is -2.30. The first-order chi connectivity index (χ1) is 12.5. The second-order valence-corrected chi connectivity index (χ2v) is 8.84. The summed E-state index contributed by atoms with van der Waals surface area (Å²) in [5.74, 6) is 0.116. The van der Waals surface area contributed by atoms with E-state index in [2.05, 4.69) is 0 Å². The number of carbonyl (C=O) groups is 1. The van der Waals surface area contributed by atoms with Crippen LogP contribution in [0, 0.1) is 0 Å². The van der Waals surface area contributed by atoms with Crippen LogP contribution in [0.5, 0.6) is 0 Å². The Morgan fingerprint density at radius 2 is 1.81 bits per heavy atom. The van der Waals surface area contributed by atoms with Crippen LogP contribution < -0.4 is 5.73 Å². The number of aryl methyl sites for hydroxylation is 1. The Labute approximate surface area is 167 Å². The largest absolute Gasteiger partial charge is 0.379 e. The Bertz CT molecular complexity index is 721. The lowest BCUT2D eigenvalue weighted by molar-refractivity contribution is -0.132. The lowest BCUT2D eigenvalue weighted by Crippen LogP contribution is -2.45. The zero-order valence-corrected chi connectivity index (χ0v) is 17.0. The van der Waals surface area contributed by atoms with Gasteiger partial charge in [0.15, 0.2) is 0 Å². The fourth-order valence-electron chi connectivity index (χ4n) is 3.41. The maximum Gasteiger partial charge on any atom is 0.243 e. The number of sulfonamides is 1. The maximum absolute atomic E-state index is 12.6. The molecule has 2 fully saturated rings. The highest BCUT2D eigenvalue weighted by Gasteiger charge is 2.26. The summed E-state index contributed by atoms with van der Waals surface area (Å²) in [6.07, 6.45) is 2.95. The van der Waals surface area contributed by atoms with Crippen LogP contribution in [0.15, 0.2) is 29.2 Å². The molecular weight excluding hydrogens is 390 g/mol. The van der Waals surface area contributed by atoms with Gasteiger partial charge in [-0.3, -0.25) is 4.79 Å². The van der Waals surface area contributed by atoms with Crippen molar-refractivity contribution in [3.63, 3.8) is 0 Å². The molecule has 2 N–H and O–H groups in total. The van der Waals surface area contributed by atoms with Crippen molar-refractivity contribution in [1.82, 2.24) is 9.21 Å². The zero-order chi connectivity index (χ0) is 18.6. The molecule has 0 aromatic heterocycles. The van der Waals surface area contributed by atoms with Crippen molar-refractivity contribution in [1.29, 1.82) is 0 Å². The van der Waals surface area contributed by atoms with Crippen LogP contribution in [0.1, 0.15) is 24.8 Å². The van der Waals surface area contributed by atoms with Gasteiger partial charge in [0.1, 0.15) is 0 Å². The summed E-state index contributed by atoms with van der Waals surface area (Å²) in [6.45, 7) is 3.05. The Balaban J connectivity index is 0.00000261. The van der Waals surface area contributed by atoms with Crippen LogP contribution in [0.3, 0.4) is 0 Å². The molecule has 1 amide bonds. The van der Waals surface area contributed by atoms with Crippen molar-refractivity contribution in [3.05, 3.63) is 29.8 Å². The molecule has 1 aromatic carbocycles. The summed E-state index contributed by atoms with van der Waals surface area (Å²) < 4.78 is 31.9. The number of carbonyl (C=O) groups excluding carboxylic acids is 1. The molecule has 0 bridgehead atoms. The van der Waals surface area contributed by atoms with Gasteiger partial charge < -0.3 is 15.4 Å². The number of piperidine rings is 1. The third-order valence-corrected chi connectivity index (χ3v) is 6.88. The fraction of sp³-hybridized carbons (Fsp3) is 0.611. The number of nitrogens with two attached hydrogens (primary N) is 1. The number of nitrogens with zero attached hydrogens (tertiary/aromatic N) is 2. The highest BCUT2D eigenvalue weighted by molar-refractivity contribution is 7.89. The van der Waals surface area contributed by atoms with E-state index in [1.807, 2.05) is 4.90 Å². The molecule has 2 aliphatic heterocycles. The van der Waals surface area contributed by atoms with Crippen LogP contribution in [0.4, 0.5) is 0 Å². The number of likely N-dealkylation sites (tertiary alicyclic amines) is 1. The van der Waals surface area contributed by atoms with Crippen molar-refractivity contribution < 1.29 is 17.9 Å². The summed E-state index contributed by atoms with van der Waals surface area (Å²) in [5, 5.41) is 0. The van der Waals surface area contributed by atoms with Gasteiger partial charge >= 0.3 is 0 Å². The maximum atomic E-state index is 12.6. The Morgan fingerprint density at radius 1 is 1.15 bits per heavy atom. The summed E-state index contributed by atoms with van der Waals surface area (Å²) in [5.41, 5.74) is 6.89. The van der Waals surface area contributed by atoms with Crippen LogP contribution in [-0.4, -0.2) is 69.0 Å². The smallest absolute Gasteiger partial charge is 0.243 e. The van der Waals surface area contributed by atoms with Gasteiger partial charge in [-0.25, -0.2) is 8.42 Å². The van der Waals surface area contributed by atoms with Crippen LogP contribution >= 0.6 is 12.4 Å². The molecule has 27 heavy (non-hydrogen) atoms. The molecule has 1 atom stereocenters. The van der Waals surface area contributed by atoms with E-state index >= 15 is 0 Å². The normalized spacial score (nSPS) is 21.5. The predicted molar refractivity (Wildman–Crippen MR) is 105 cm³/mol. The topological polar surface area (TPSA) is 92.9 Å². The molecule has 2 heterocycles. The predicted octanol–water partition coefficient (Wildman–Crippen LogP) is 1.01. The van der Waals surface area contributed by atoms with E-state index < -0.39 is 10.0 Å². The van der Waals surface area contributed by atoms with E-state index in [9.17, 15) is 13.2 Å². The van der Waals surface area contributed by atoms with Crippen LogP contribution in [0.25, 0.3) is 0 Å². The van der Waals surface area contributed by atoms with E-state index in [1.54, 1.807) is 24.3 Å². The Hall–Kier alpha value is -1.19. The molecular formula is C18H28ClN3O4S. The average molecular weight is 418 g/mol. The molecule has 1 unspecified atom stereocenters. The molecule has 0 spiro atoms. The van der Waals surface area contributed by atoms with Gasteiger partial charge in [0.2, 0.25) is 15.9 Å². The molecule has 1 aromatic rings. The average Bonchev–Trinajstić information content (AvgIpc) is 2.67. The van der Waals surface area contributed by atoms with E-state index in [0.29, 0.717) is 45.7 Å². The Kier molecular flexibility index (Phi) is 8.05. The number of amides is 1. The number of ether oxygens (including phenoxy) is 1. The summed E-state index contributed by atoms with van der Waals surface area (Å²) in [4.78, 5) is 14.4. The summed E-state index contributed by atoms with van der Waals surface area (Å²) in [7, 11) is -3.47. The number of halogens is 1. The third-order valence-electron chi connectivity index (χ3n) is 4.97. The number of hydrogen-bond acceptors (Lipinski definition) is 5. The SMILES string of the molecule is Cl.NC1CCCN(C(=O)CCc2ccc(S(=O)(=O)N3CCOCC3)cc2)C1.